The summed E-state index contributed by atoms with van der Waals surface area (Å²) in [4.78, 5) is 0. The van der Waals surface area contributed by atoms with Gasteiger partial charge in [0.1, 0.15) is 0 Å². The Balaban J connectivity index is 2.21. The van der Waals surface area contributed by atoms with Crippen LogP contribution < -0.4 is 5.32 Å². The lowest BCUT2D eigenvalue weighted by Gasteiger charge is -2.25. The van der Waals surface area contributed by atoms with Gasteiger partial charge in [-0.15, -0.1) is 0 Å². The van der Waals surface area contributed by atoms with Crippen molar-refractivity contribution in [3.05, 3.63) is 0 Å². The van der Waals surface area contributed by atoms with E-state index < -0.39 is 0 Å². The van der Waals surface area contributed by atoms with E-state index in [1.807, 2.05) is 0 Å². The molecule has 0 aromatic carbocycles. The summed E-state index contributed by atoms with van der Waals surface area (Å²) in [5.74, 6) is 0.745. The number of nitrogens with one attached hydrogen (secondary N) is 1. The van der Waals surface area contributed by atoms with E-state index in [4.69, 9.17) is 4.74 Å². The molecule has 0 saturated carbocycles. The predicted octanol–water partition coefficient (Wildman–Crippen LogP) is 2.83. The maximum Gasteiger partial charge on any atom is 0.0509 e. The van der Waals surface area contributed by atoms with Crippen LogP contribution in [0.2, 0.25) is 0 Å². The zero-order valence-corrected chi connectivity index (χ0v) is 10.8. The molecule has 1 aliphatic heterocycles. The van der Waals surface area contributed by atoms with Crippen molar-refractivity contribution < 1.29 is 4.74 Å². The molecule has 0 bridgehead atoms. The van der Waals surface area contributed by atoms with E-state index in [2.05, 4.69) is 33.0 Å². The molecule has 15 heavy (non-hydrogen) atoms. The van der Waals surface area contributed by atoms with Crippen LogP contribution in [0.3, 0.4) is 0 Å². The normalized spacial score (nSPS) is 24.4. The van der Waals surface area contributed by atoms with Crippen LogP contribution in [0.5, 0.6) is 0 Å². The summed E-state index contributed by atoms with van der Waals surface area (Å²) in [6, 6.07) is 0.662. The van der Waals surface area contributed by atoms with E-state index in [1.54, 1.807) is 0 Å². The molecule has 1 N–H and O–H groups in total. The summed E-state index contributed by atoms with van der Waals surface area (Å²) < 4.78 is 5.45. The Morgan fingerprint density at radius 2 is 2.13 bits per heavy atom. The Morgan fingerprint density at radius 3 is 2.60 bits per heavy atom. The number of hydrogen-bond donors (Lipinski definition) is 1. The highest BCUT2D eigenvalue weighted by molar-refractivity contribution is 4.79. The minimum atomic E-state index is 0.442. The molecule has 2 nitrogen and oxygen atoms in total. The van der Waals surface area contributed by atoms with E-state index in [9.17, 15) is 0 Å². The predicted molar refractivity (Wildman–Crippen MR) is 65.1 cm³/mol. The zero-order valence-electron chi connectivity index (χ0n) is 10.8. The van der Waals surface area contributed by atoms with Gasteiger partial charge in [-0.2, -0.15) is 0 Å². The number of hydrogen-bond acceptors (Lipinski definition) is 2. The van der Waals surface area contributed by atoms with Gasteiger partial charge in [0, 0.05) is 12.6 Å². The van der Waals surface area contributed by atoms with Crippen LogP contribution in [0.1, 0.15) is 47.0 Å². The second-order valence-electron chi connectivity index (χ2n) is 5.90. The highest BCUT2D eigenvalue weighted by atomic mass is 16.5. The molecule has 1 aliphatic rings. The molecule has 0 amide bonds. The van der Waals surface area contributed by atoms with Crippen LogP contribution in [0.25, 0.3) is 0 Å². The zero-order chi connectivity index (χ0) is 11.3. The van der Waals surface area contributed by atoms with Gasteiger partial charge in [-0.3, -0.25) is 0 Å². The lowest BCUT2D eigenvalue weighted by molar-refractivity contribution is 0.175. The summed E-state index contributed by atoms with van der Waals surface area (Å²) in [6.07, 6.45) is 3.70. The first-order valence-corrected chi connectivity index (χ1v) is 6.34. The highest BCUT2D eigenvalue weighted by Gasteiger charge is 2.24. The maximum atomic E-state index is 5.45. The molecule has 0 aromatic rings. The molecule has 0 radical (unpaired) electrons. The molecule has 1 heterocycles. The summed E-state index contributed by atoms with van der Waals surface area (Å²) in [5, 5.41) is 3.69. The largest absolute Gasteiger partial charge is 0.381 e. The van der Waals surface area contributed by atoms with Crippen molar-refractivity contribution in [2.24, 2.45) is 11.3 Å². The molecule has 1 rings (SSSR count). The Labute approximate surface area is 94.8 Å². The Morgan fingerprint density at radius 1 is 1.40 bits per heavy atom. The molecule has 0 aliphatic carbocycles. The molecular weight excluding hydrogens is 186 g/mol. The fraction of sp³-hybridized carbons (Fsp3) is 1.00. The molecule has 0 spiro atoms. The summed E-state index contributed by atoms with van der Waals surface area (Å²) in [5.41, 5.74) is 0.442. The Hall–Kier alpha value is -0.0800. The summed E-state index contributed by atoms with van der Waals surface area (Å²) in [7, 11) is 0. The molecule has 2 heteroatoms. The first kappa shape index (κ1) is 13.0. The lowest BCUT2D eigenvalue weighted by atomic mass is 9.91. The molecule has 1 saturated heterocycles. The second-order valence-corrected chi connectivity index (χ2v) is 5.90. The van der Waals surface area contributed by atoms with Gasteiger partial charge in [0.05, 0.1) is 6.61 Å². The van der Waals surface area contributed by atoms with Crippen molar-refractivity contribution in [3.8, 4) is 0 Å². The van der Waals surface area contributed by atoms with Gasteiger partial charge in [-0.1, -0.05) is 27.7 Å². The quantitative estimate of drug-likeness (QED) is 0.758. The van der Waals surface area contributed by atoms with Crippen molar-refractivity contribution in [1.82, 2.24) is 5.32 Å². The smallest absolute Gasteiger partial charge is 0.0509 e. The summed E-state index contributed by atoms with van der Waals surface area (Å²) >= 11 is 0. The molecular formula is C13H27NO. The van der Waals surface area contributed by atoms with Crippen molar-refractivity contribution in [3.63, 3.8) is 0 Å². The van der Waals surface area contributed by atoms with Crippen LogP contribution in [-0.4, -0.2) is 25.8 Å². The van der Waals surface area contributed by atoms with Crippen molar-refractivity contribution in [1.29, 1.82) is 0 Å². The Bertz CT molecular complexity index is 168. The van der Waals surface area contributed by atoms with Gasteiger partial charge in [0.2, 0.25) is 0 Å². The van der Waals surface area contributed by atoms with E-state index in [-0.39, 0.29) is 0 Å². The van der Waals surface area contributed by atoms with Crippen LogP contribution in [0.4, 0.5) is 0 Å². The van der Waals surface area contributed by atoms with Gasteiger partial charge in [-0.05, 0) is 37.1 Å². The van der Waals surface area contributed by atoms with E-state index >= 15 is 0 Å². The standard InChI is InChI=1S/C13H27NO/c1-5-12(11-6-9-15-10-11)14-8-7-13(2,3)4/h11-12,14H,5-10H2,1-4H3. The second kappa shape index (κ2) is 5.86. The fourth-order valence-corrected chi connectivity index (χ4v) is 2.15. The monoisotopic (exact) mass is 213 g/mol. The topological polar surface area (TPSA) is 21.3 Å². The summed E-state index contributed by atoms with van der Waals surface area (Å²) in [6.45, 7) is 12.2. The van der Waals surface area contributed by atoms with Crippen molar-refractivity contribution in [2.75, 3.05) is 19.8 Å². The average molecular weight is 213 g/mol. The first-order chi connectivity index (χ1) is 7.03. The maximum absolute atomic E-state index is 5.45. The van der Waals surface area contributed by atoms with Crippen LogP contribution in [0.15, 0.2) is 0 Å². The van der Waals surface area contributed by atoms with Crippen LogP contribution in [0, 0.1) is 11.3 Å². The van der Waals surface area contributed by atoms with Gasteiger partial charge in [-0.25, -0.2) is 0 Å². The fourth-order valence-electron chi connectivity index (χ4n) is 2.15. The van der Waals surface area contributed by atoms with E-state index in [0.717, 1.165) is 25.7 Å². The van der Waals surface area contributed by atoms with Gasteiger partial charge >= 0.3 is 0 Å². The third kappa shape index (κ3) is 4.98. The van der Waals surface area contributed by atoms with Gasteiger partial charge in [0.15, 0.2) is 0 Å². The molecule has 2 atom stereocenters. The van der Waals surface area contributed by atoms with Crippen LogP contribution in [-0.2, 0) is 4.74 Å². The minimum Gasteiger partial charge on any atom is -0.381 e. The third-order valence-corrected chi connectivity index (χ3v) is 3.26. The van der Waals surface area contributed by atoms with E-state index in [1.165, 1.54) is 19.3 Å². The first-order valence-electron chi connectivity index (χ1n) is 6.34. The Kier molecular flexibility index (Phi) is 5.07. The van der Waals surface area contributed by atoms with E-state index in [0.29, 0.717) is 11.5 Å². The number of ether oxygens (including phenoxy) is 1. The molecule has 2 unspecified atom stereocenters. The van der Waals surface area contributed by atoms with Crippen LogP contribution >= 0.6 is 0 Å². The minimum absolute atomic E-state index is 0.442. The molecule has 90 valence electrons. The van der Waals surface area contributed by atoms with Gasteiger partial charge in [0.25, 0.3) is 0 Å². The third-order valence-electron chi connectivity index (χ3n) is 3.26. The van der Waals surface area contributed by atoms with Crippen molar-refractivity contribution in [2.45, 2.75) is 53.0 Å². The lowest BCUT2D eigenvalue weighted by Crippen LogP contribution is -2.37. The average Bonchev–Trinajstić information content (AvgIpc) is 2.63. The highest BCUT2D eigenvalue weighted by Crippen LogP contribution is 2.20. The molecule has 0 aromatic heterocycles. The number of rotatable bonds is 5. The van der Waals surface area contributed by atoms with Gasteiger partial charge < -0.3 is 10.1 Å². The van der Waals surface area contributed by atoms with Crippen molar-refractivity contribution >= 4 is 0 Å². The molecule has 1 fully saturated rings. The SMILES string of the molecule is CCC(NCCC(C)(C)C)C1CCOC1.